The number of aryl methyl sites for hydroxylation is 1. The third-order valence-corrected chi connectivity index (χ3v) is 6.06. The van der Waals surface area contributed by atoms with Crippen LogP contribution in [-0.4, -0.2) is 68.6 Å². The number of likely N-dealkylation sites (tertiary alicyclic amines) is 2. The van der Waals surface area contributed by atoms with E-state index in [1.807, 2.05) is 36.2 Å². The summed E-state index contributed by atoms with van der Waals surface area (Å²) >= 11 is 0. The average Bonchev–Trinajstić information content (AvgIpc) is 2.70. The van der Waals surface area contributed by atoms with Gasteiger partial charge in [-0.2, -0.15) is 0 Å². The first kappa shape index (κ1) is 19.7. The van der Waals surface area contributed by atoms with Crippen LogP contribution in [-0.2, 0) is 20.7 Å². The van der Waals surface area contributed by atoms with Gasteiger partial charge in [0.2, 0.25) is 11.8 Å². The summed E-state index contributed by atoms with van der Waals surface area (Å²) in [4.78, 5) is 29.1. The zero-order chi connectivity index (χ0) is 19.4. The number of nitrogens with zero attached hydrogens (tertiary/aromatic N) is 2. The Labute approximate surface area is 161 Å². The van der Waals surface area contributed by atoms with Crippen molar-refractivity contribution in [3.05, 3.63) is 29.8 Å². The summed E-state index contributed by atoms with van der Waals surface area (Å²) in [6, 6.07) is 7.84. The van der Waals surface area contributed by atoms with Gasteiger partial charge in [0.1, 0.15) is 5.75 Å². The van der Waals surface area contributed by atoms with Gasteiger partial charge in [-0.15, -0.1) is 0 Å². The molecule has 6 heteroatoms. The number of rotatable bonds is 5. The lowest BCUT2D eigenvalue weighted by Gasteiger charge is -2.47. The number of amides is 2. The second kappa shape index (κ2) is 8.30. The highest BCUT2D eigenvalue weighted by atomic mass is 16.5. The maximum absolute atomic E-state index is 12.8. The third-order valence-electron chi connectivity index (χ3n) is 6.06. The number of likely N-dealkylation sites (N-methyl/N-ethyl adjacent to an activating group) is 1. The van der Waals surface area contributed by atoms with E-state index < -0.39 is 0 Å². The number of benzene rings is 1. The van der Waals surface area contributed by atoms with Crippen molar-refractivity contribution in [1.82, 2.24) is 9.80 Å². The third kappa shape index (κ3) is 4.26. The van der Waals surface area contributed by atoms with E-state index in [2.05, 4.69) is 0 Å². The summed E-state index contributed by atoms with van der Waals surface area (Å²) in [5.74, 6) is 1.18. The molecule has 0 aromatic heterocycles. The molecule has 2 aliphatic heterocycles. The SMILES string of the molecule is COc1cccc(CCC(=O)N2CCC3(CC2)CC(OC)CN(C)C3=O)c1. The normalized spacial score (nSPS) is 22.2. The van der Waals surface area contributed by atoms with Gasteiger partial charge in [-0.05, 0) is 43.4 Å². The standard InChI is InChI=1S/C21H30N2O4/c1-22-15-18(27-3)14-21(20(22)25)9-11-23(12-10-21)19(24)8-7-16-5-4-6-17(13-16)26-2/h4-6,13,18H,7-12,14-15H2,1-3H3. The predicted octanol–water partition coefficient (Wildman–Crippen LogP) is 2.11. The maximum Gasteiger partial charge on any atom is 0.228 e. The topological polar surface area (TPSA) is 59.1 Å². The van der Waals surface area contributed by atoms with E-state index in [1.54, 1.807) is 19.1 Å². The van der Waals surface area contributed by atoms with Gasteiger partial charge in [0, 0.05) is 40.2 Å². The van der Waals surface area contributed by atoms with E-state index in [0.29, 0.717) is 32.5 Å². The summed E-state index contributed by atoms with van der Waals surface area (Å²) < 4.78 is 10.8. The molecule has 148 valence electrons. The van der Waals surface area contributed by atoms with E-state index in [1.165, 1.54) is 0 Å². The Morgan fingerprint density at radius 1 is 1.26 bits per heavy atom. The highest BCUT2D eigenvalue weighted by Gasteiger charge is 2.48. The van der Waals surface area contributed by atoms with E-state index in [0.717, 1.165) is 30.6 Å². The van der Waals surface area contributed by atoms with Crippen molar-refractivity contribution in [2.24, 2.45) is 5.41 Å². The van der Waals surface area contributed by atoms with Crippen molar-refractivity contribution in [3.63, 3.8) is 0 Å². The van der Waals surface area contributed by atoms with Crippen LogP contribution in [0.3, 0.4) is 0 Å². The fraction of sp³-hybridized carbons (Fsp3) is 0.619. The van der Waals surface area contributed by atoms with Crippen molar-refractivity contribution in [1.29, 1.82) is 0 Å². The van der Waals surface area contributed by atoms with E-state index in [9.17, 15) is 9.59 Å². The van der Waals surface area contributed by atoms with Gasteiger partial charge in [-0.1, -0.05) is 12.1 Å². The minimum absolute atomic E-state index is 0.0861. The molecule has 1 unspecified atom stereocenters. The number of carbonyl (C=O) groups is 2. The molecule has 2 aliphatic rings. The highest BCUT2D eigenvalue weighted by Crippen LogP contribution is 2.41. The Bertz CT molecular complexity index is 683. The van der Waals surface area contributed by atoms with Crippen LogP contribution >= 0.6 is 0 Å². The van der Waals surface area contributed by atoms with Gasteiger partial charge < -0.3 is 19.3 Å². The fourth-order valence-corrected chi connectivity index (χ4v) is 4.38. The molecule has 1 atom stereocenters. The fourth-order valence-electron chi connectivity index (χ4n) is 4.38. The van der Waals surface area contributed by atoms with Crippen LogP contribution in [0, 0.1) is 5.41 Å². The number of ether oxygens (including phenoxy) is 2. The predicted molar refractivity (Wildman–Crippen MR) is 103 cm³/mol. The van der Waals surface area contributed by atoms with Crippen LogP contribution in [0.1, 0.15) is 31.2 Å². The molecule has 2 fully saturated rings. The van der Waals surface area contributed by atoms with Gasteiger partial charge in [0.15, 0.2) is 0 Å². The van der Waals surface area contributed by atoms with Gasteiger partial charge in [0.25, 0.3) is 0 Å². The maximum atomic E-state index is 12.8. The van der Waals surface area contributed by atoms with Gasteiger partial charge in [0.05, 0.1) is 18.6 Å². The second-order valence-electron chi connectivity index (χ2n) is 7.76. The highest BCUT2D eigenvalue weighted by molar-refractivity contribution is 5.84. The van der Waals surface area contributed by atoms with Crippen LogP contribution in [0.15, 0.2) is 24.3 Å². The first-order chi connectivity index (χ1) is 13.0. The lowest BCUT2D eigenvalue weighted by molar-refractivity contribution is -0.158. The van der Waals surface area contributed by atoms with Crippen LogP contribution < -0.4 is 4.74 Å². The molecule has 0 bridgehead atoms. The lowest BCUT2D eigenvalue weighted by Crippen LogP contribution is -2.57. The van der Waals surface area contributed by atoms with Crippen LogP contribution in [0.4, 0.5) is 0 Å². The largest absolute Gasteiger partial charge is 0.497 e. The molecule has 6 nitrogen and oxygen atoms in total. The van der Waals surface area contributed by atoms with Gasteiger partial charge >= 0.3 is 0 Å². The van der Waals surface area contributed by atoms with Gasteiger partial charge in [-0.25, -0.2) is 0 Å². The minimum atomic E-state index is -0.364. The molecule has 2 heterocycles. The summed E-state index contributed by atoms with van der Waals surface area (Å²) in [7, 11) is 5.20. The monoisotopic (exact) mass is 374 g/mol. The summed E-state index contributed by atoms with van der Waals surface area (Å²) in [5.41, 5.74) is 0.736. The Hall–Kier alpha value is -2.08. The molecular formula is C21H30N2O4. The first-order valence-electron chi connectivity index (χ1n) is 9.66. The molecule has 2 amide bonds. The number of carbonyl (C=O) groups excluding carboxylic acids is 2. The quantitative estimate of drug-likeness (QED) is 0.792. The zero-order valence-corrected chi connectivity index (χ0v) is 16.6. The number of hydrogen-bond donors (Lipinski definition) is 0. The molecule has 0 saturated carbocycles. The molecule has 0 radical (unpaired) electrons. The molecule has 1 aromatic carbocycles. The number of methoxy groups -OCH3 is 2. The van der Waals surface area contributed by atoms with Crippen molar-refractivity contribution in [2.45, 2.75) is 38.2 Å². The molecule has 0 N–H and O–H groups in total. The lowest BCUT2D eigenvalue weighted by atomic mass is 9.71. The molecular weight excluding hydrogens is 344 g/mol. The Kier molecular flexibility index (Phi) is 6.05. The van der Waals surface area contributed by atoms with Crippen molar-refractivity contribution >= 4 is 11.8 Å². The molecule has 0 aliphatic carbocycles. The zero-order valence-electron chi connectivity index (χ0n) is 16.6. The summed E-state index contributed by atoms with van der Waals surface area (Å²) in [5, 5.41) is 0. The first-order valence-corrected chi connectivity index (χ1v) is 9.66. The van der Waals surface area contributed by atoms with E-state index in [4.69, 9.17) is 9.47 Å². The van der Waals surface area contributed by atoms with E-state index in [-0.39, 0.29) is 23.3 Å². The Balaban J connectivity index is 1.55. The average molecular weight is 374 g/mol. The van der Waals surface area contributed by atoms with Gasteiger partial charge in [-0.3, -0.25) is 9.59 Å². The van der Waals surface area contributed by atoms with Crippen molar-refractivity contribution in [2.75, 3.05) is 40.9 Å². The van der Waals surface area contributed by atoms with Crippen molar-refractivity contribution < 1.29 is 19.1 Å². The van der Waals surface area contributed by atoms with Crippen molar-refractivity contribution in [3.8, 4) is 5.75 Å². The number of hydrogen-bond acceptors (Lipinski definition) is 4. The van der Waals surface area contributed by atoms with Crippen LogP contribution in [0.25, 0.3) is 0 Å². The molecule has 2 saturated heterocycles. The molecule has 1 aromatic rings. The molecule has 1 spiro atoms. The smallest absolute Gasteiger partial charge is 0.228 e. The second-order valence-corrected chi connectivity index (χ2v) is 7.76. The molecule has 27 heavy (non-hydrogen) atoms. The van der Waals surface area contributed by atoms with Crippen LogP contribution in [0.2, 0.25) is 0 Å². The number of piperidine rings is 2. The van der Waals surface area contributed by atoms with E-state index >= 15 is 0 Å². The Morgan fingerprint density at radius 3 is 2.67 bits per heavy atom. The van der Waals surface area contributed by atoms with Crippen LogP contribution in [0.5, 0.6) is 5.75 Å². The molecule has 3 rings (SSSR count). The summed E-state index contributed by atoms with van der Waals surface area (Å²) in [6.45, 7) is 1.94. The Morgan fingerprint density at radius 2 is 2.00 bits per heavy atom. The summed E-state index contributed by atoms with van der Waals surface area (Å²) in [6.07, 6.45) is 3.48. The minimum Gasteiger partial charge on any atom is -0.497 e.